The van der Waals surface area contributed by atoms with Gasteiger partial charge in [-0.15, -0.1) is 31.5 Å². The number of nitrogens with zero attached hydrogens (tertiary/aromatic N) is 6. The molecule has 2 aromatic carbocycles. The quantitative estimate of drug-likeness (QED) is 0.122. The highest BCUT2D eigenvalue weighted by Gasteiger charge is 2.45. The topological polar surface area (TPSA) is 204 Å². The molecule has 16 nitrogen and oxygen atoms in total. The number of thiophene rings is 2. The summed E-state index contributed by atoms with van der Waals surface area (Å²) in [5.41, 5.74) is 0.533. The Morgan fingerprint density at radius 2 is 1.02 bits per heavy atom. The Morgan fingerprint density at radius 3 is 1.40 bits per heavy atom. The van der Waals surface area contributed by atoms with E-state index < -0.39 is 63.9 Å². The number of hydrogen-bond acceptors (Lipinski definition) is 13. The molecule has 0 saturated carbocycles. The number of urea groups is 1. The van der Waals surface area contributed by atoms with Gasteiger partial charge in [-0.2, -0.15) is 16.8 Å². The molecule has 22 heteroatoms. The van der Waals surface area contributed by atoms with Crippen molar-refractivity contribution >= 4 is 119 Å². The standard InChI is InChI=1S/C35H19Cl2N7O9S4/c36-25-11-15-29(54-25)56(50,51)43(28-14-10-20(18-39-28)42-33(47)23-7-3-4-8-24(23)34(42)48)44(57(52,53)30-16-12-26(37)55-30)35(49)40-27-13-9-19(17-38-27)41-31(45)21-5-1-2-6-22(21)32(41)46/h1-18H,(H,38,40,49). The van der Waals surface area contributed by atoms with Crippen LogP contribution in [0.15, 0.2) is 118 Å². The fourth-order valence-electron chi connectivity index (χ4n) is 5.87. The molecule has 2 aliphatic heterocycles. The summed E-state index contributed by atoms with van der Waals surface area (Å²) in [5.74, 6) is -3.58. The van der Waals surface area contributed by atoms with Gasteiger partial charge in [-0.25, -0.2) is 24.6 Å². The van der Waals surface area contributed by atoms with Crippen LogP contribution in [0.1, 0.15) is 41.4 Å². The van der Waals surface area contributed by atoms with E-state index in [1.54, 1.807) is 24.3 Å². The summed E-state index contributed by atoms with van der Waals surface area (Å²) in [6.45, 7) is 0. The third-order valence-corrected chi connectivity index (χ3v) is 15.2. The Balaban J connectivity index is 1.20. The number of fused-ring (bicyclic) bond motifs is 2. The van der Waals surface area contributed by atoms with Crippen LogP contribution >= 0.6 is 45.9 Å². The second-order valence-corrected chi connectivity index (χ2v) is 19.2. The normalized spacial score (nSPS) is 13.9. The molecule has 0 aliphatic carbocycles. The van der Waals surface area contributed by atoms with E-state index in [9.17, 15) is 40.8 Å². The highest BCUT2D eigenvalue weighted by Crippen LogP contribution is 2.37. The number of nitrogens with one attached hydrogen (secondary N) is 1. The smallest absolute Gasteiger partial charge is 0.290 e. The minimum Gasteiger partial charge on any atom is -0.290 e. The second-order valence-electron chi connectivity index (χ2n) is 11.8. The van der Waals surface area contributed by atoms with Crippen molar-refractivity contribution in [3.63, 3.8) is 0 Å². The van der Waals surface area contributed by atoms with Crippen molar-refractivity contribution in [3.8, 4) is 0 Å². The van der Waals surface area contributed by atoms with Crippen LogP contribution in [0.3, 0.4) is 0 Å². The first-order valence-electron chi connectivity index (χ1n) is 16.0. The molecular weight excluding hydrogens is 862 g/mol. The van der Waals surface area contributed by atoms with Gasteiger partial charge in [0, 0.05) is 0 Å². The minimum absolute atomic E-state index is 0.00806. The van der Waals surface area contributed by atoms with Gasteiger partial charge in [-0.05, 0) is 72.8 Å². The lowest BCUT2D eigenvalue weighted by atomic mass is 10.1. The zero-order chi connectivity index (χ0) is 40.4. The molecule has 57 heavy (non-hydrogen) atoms. The second kappa shape index (κ2) is 14.2. The predicted molar refractivity (Wildman–Crippen MR) is 210 cm³/mol. The number of carbonyl (C=O) groups is 5. The fourth-order valence-corrected chi connectivity index (χ4v) is 12.0. The van der Waals surface area contributed by atoms with E-state index in [2.05, 4.69) is 15.3 Å². The number of amides is 6. The Kier molecular flexibility index (Phi) is 9.41. The number of imide groups is 2. The lowest BCUT2D eigenvalue weighted by Crippen LogP contribution is -2.54. The van der Waals surface area contributed by atoms with Crippen molar-refractivity contribution in [3.05, 3.63) is 140 Å². The first kappa shape index (κ1) is 37.9. The van der Waals surface area contributed by atoms with E-state index in [1.807, 2.05) is 0 Å². The summed E-state index contributed by atoms with van der Waals surface area (Å²) in [4.78, 5) is 76.6. The van der Waals surface area contributed by atoms with Gasteiger partial charge in [0.1, 0.15) is 14.2 Å². The van der Waals surface area contributed by atoms with Crippen molar-refractivity contribution in [1.29, 1.82) is 0 Å². The number of halogens is 2. The highest BCUT2D eigenvalue weighted by atomic mass is 35.5. The molecule has 8 rings (SSSR count). The summed E-state index contributed by atoms with van der Waals surface area (Å²) in [7, 11) is -10.3. The van der Waals surface area contributed by atoms with Crippen LogP contribution in [-0.4, -0.2) is 60.9 Å². The van der Waals surface area contributed by atoms with E-state index in [4.69, 9.17) is 23.2 Å². The van der Waals surface area contributed by atoms with Gasteiger partial charge in [0.15, 0.2) is 5.82 Å². The molecule has 0 saturated heterocycles. The molecule has 2 aliphatic rings. The third kappa shape index (κ3) is 6.41. The van der Waals surface area contributed by atoms with Crippen LogP contribution < -0.4 is 19.5 Å². The zero-order valence-electron chi connectivity index (χ0n) is 28.1. The van der Waals surface area contributed by atoms with Crippen molar-refractivity contribution < 1.29 is 40.8 Å². The van der Waals surface area contributed by atoms with Crippen molar-refractivity contribution in [2.45, 2.75) is 8.42 Å². The van der Waals surface area contributed by atoms with Crippen LogP contribution in [0.5, 0.6) is 0 Å². The van der Waals surface area contributed by atoms with E-state index in [0.717, 1.165) is 52.5 Å². The fraction of sp³-hybridized carbons (Fsp3) is 0. The molecular formula is C35H19Cl2N7O9S4. The van der Waals surface area contributed by atoms with Crippen molar-refractivity contribution in [2.75, 3.05) is 19.5 Å². The maximum atomic E-state index is 14.5. The molecule has 286 valence electrons. The van der Waals surface area contributed by atoms with Gasteiger partial charge in [-0.3, -0.25) is 24.5 Å². The van der Waals surface area contributed by atoms with Gasteiger partial charge in [-0.1, -0.05) is 47.5 Å². The van der Waals surface area contributed by atoms with E-state index in [-0.39, 0.29) is 56.9 Å². The third-order valence-electron chi connectivity index (χ3n) is 8.42. The number of pyridine rings is 2. The van der Waals surface area contributed by atoms with Crippen molar-refractivity contribution in [2.24, 2.45) is 0 Å². The van der Waals surface area contributed by atoms with E-state index in [1.165, 1.54) is 42.5 Å². The molecule has 0 bridgehead atoms. The number of rotatable bonds is 9. The molecule has 0 spiro atoms. The molecule has 1 N–H and O–H groups in total. The lowest BCUT2D eigenvalue weighted by molar-refractivity contribution is 0.0910. The maximum absolute atomic E-state index is 14.5. The molecule has 6 heterocycles. The minimum atomic E-state index is -5.19. The molecule has 4 aromatic heterocycles. The number of carbonyl (C=O) groups excluding carboxylic acids is 5. The largest absolute Gasteiger partial charge is 0.357 e. The van der Waals surface area contributed by atoms with Gasteiger partial charge in [0.25, 0.3) is 43.7 Å². The average Bonchev–Trinajstić information content (AvgIpc) is 3.96. The maximum Gasteiger partial charge on any atom is 0.357 e. The SMILES string of the molecule is O=C1c2ccccc2C(=O)N1c1ccc(NC(=O)N(N(c2ccc(N3C(=O)c4ccccc4C3=O)cn2)S(=O)(=O)c2ccc(Cl)s2)S(=O)(=O)c2ccc(Cl)s2)nc1. The summed E-state index contributed by atoms with van der Waals surface area (Å²) in [6.07, 6.45) is 2.04. The summed E-state index contributed by atoms with van der Waals surface area (Å²) in [5, 5.41) is 2.26. The Hall–Kier alpha value is -6.03. The van der Waals surface area contributed by atoms with Gasteiger partial charge in [0.2, 0.25) is 0 Å². The molecule has 0 atom stereocenters. The summed E-state index contributed by atoms with van der Waals surface area (Å²) >= 11 is 13.2. The Bertz CT molecular complexity index is 2850. The lowest BCUT2D eigenvalue weighted by Gasteiger charge is -2.32. The van der Waals surface area contributed by atoms with Crippen LogP contribution in [0.4, 0.5) is 27.8 Å². The van der Waals surface area contributed by atoms with Crippen LogP contribution in [0.2, 0.25) is 8.67 Å². The number of sulfonamides is 2. The van der Waals surface area contributed by atoms with E-state index >= 15 is 0 Å². The van der Waals surface area contributed by atoms with E-state index in [0.29, 0.717) is 22.7 Å². The predicted octanol–water partition coefficient (Wildman–Crippen LogP) is 6.54. The summed E-state index contributed by atoms with van der Waals surface area (Å²) in [6, 6.07) is 19.9. The van der Waals surface area contributed by atoms with Crippen LogP contribution in [0.25, 0.3) is 0 Å². The van der Waals surface area contributed by atoms with Crippen molar-refractivity contribution in [1.82, 2.24) is 14.4 Å². The number of hydrogen-bond donors (Lipinski definition) is 1. The van der Waals surface area contributed by atoms with Crippen LogP contribution in [-0.2, 0) is 20.0 Å². The first-order valence-corrected chi connectivity index (χ1v) is 21.3. The number of anilines is 4. The Morgan fingerprint density at radius 1 is 0.579 bits per heavy atom. The number of aromatic nitrogens is 2. The molecule has 0 unspecified atom stereocenters. The Labute approximate surface area is 340 Å². The molecule has 0 radical (unpaired) electrons. The molecule has 0 fully saturated rings. The van der Waals surface area contributed by atoms with Gasteiger partial charge < -0.3 is 0 Å². The summed E-state index contributed by atoms with van der Waals surface area (Å²) < 4.78 is 56.8. The number of benzene rings is 2. The van der Waals surface area contributed by atoms with Gasteiger partial charge in [0.05, 0.1) is 54.7 Å². The van der Waals surface area contributed by atoms with Gasteiger partial charge >= 0.3 is 6.03 Å². The van der Waals surface area contributed by atoms with Crippen LogP contribution in [0, 0.1) is 0 Å². The average molecular weight is 881 g/mol. The number of hydrazine groups is 1. The first-order chi connectivity index (χ1) is 27.2. The zero-order valence-corrected chi connectivity index (χ0v) is 32.9. The highest BCUT2D eigenvalue weighted by molar-refractivity contribution is 7.97. The molecule has 6 amide bonds. The molecule has 6 aromatic rings. The monoisotopic (exact) mass is 879 g/mol.